The van der Waals surface area contributed by atoms with Crippen molar-refractivity contribution in [1.82, 2.24) is 5.32 Å². The lowest BCUT2D eigenvalue weighted by atomic mass is 10.1. The fourth-order valence-corrected chi connectivity index (χ4v) is 1.38. The lowest BCUT2D eigenvalue weighted by Gasteiger charge is -2.11. The van der Waals surface area contributed by atoms with Crippen molar-refractivity contribution in [2.24, 2.45) is 0 Å². The Kier molecular flexibility index (Phi) is 4.78. The van der Waals surface area contributed by atoms with E-state index in [9.17, 15) is 30.7 Å². The Morgan fingerprint density at radius 3 is 2.11 bits per heavy atom. The van der Waals surface area contributed by atoms with Gasteiger partial charge in [-0.1, -0.05) is 0 Å². The summed E-state index contributed by atoms with van der Waals surface area (Å²) in [6.45, 7) is -0.710. The summed E-state index contributed by atoms with van der Waals surface area (Å²) >= 11 is 0. The molecule has 1 aromatic rings. The van der Waals surface area contributed by atoms with Crippen molar-refractivity contribution in [1.29, 1.82) is 0 Å². The van der Waals surface area contributed by atoms with Crippen LogP contribution in [0.25, 0.3) is 0 Å². The average molecular weight is 289 g/mol. The molecule has 1 nitrogen and oxygen atoms in total. The van der Waals surface area contributed by atoms with E-state index in [0.29, 0.717) is 12.1 Å². The van der Waals surface area contributed by atoms with Gasteiger partial charge in [0.05, 0.1) is 12.0 Å². The van der Waals surface area contributed by atoms with E-state index in [0.717, 1.165) is 6.07 Å². The third kappa shape index (κ3) is 5.91. The van der Waals surface area contributed by atoms with Gasteiger partial charge in [0, 0.05) is 13.1 Å². The molecule has 1 N–H and O–H groups in total. The van der Waals surface area contributed by atoms with Crippen molar-refractivity contribution in [3.8, 4) is 0 Å². The third-order valence-electron chi connectivity index (χ3n) is 2.20. The third-order valence-corrected chi connectivity index (χ3v) is 2.20. The molecule has 0 saturated carbocycles. The van der Waals surface area contributed by atoms with E-state index in [1.807, 2.05) is 0 Å². The largest absolute Gasteiger partial charge is 0.416 e. The number of hydrogen-bond donors (Lipinski definition) is 1. The Bertz CT molecular complexity index is 422. The topological polar surface area (TPSA) is 12.0 Å². The minimum atomic E-state index is -4.69. The number of nitrogens with one attached hydrogen (secondary N) is 1. The Morgan fingerprint density at radius 1 is 0.947 bits per heavy atom. The lowest BCUT2D eigenvalue weighted by molar-refractivity contribution is -0.137. The summed E-state index contributed by atoms with van der Waals surface area (Å²) in [7, 11) is 0. The summed E-state index contributed by atoms with van der Waals surface area (Å²) < 4.78 is 85.5. The van der Waals surface area contributed by atoms with Gasteiger partial charge < -0.3 is 5.32 Å². The molecule has 0 fully saturated rings. The maximum atomic E-state index is 12.9. The van der Waals surface area contributed by atoms with Crippen LogP contribution in [0.4, 0.5) is 30.7 Å². The highest BCUT2D eigenvalue weighted by atomic mass is 19.4. The van der Waals surface area contributed by atoms with Crippen LogP contribution in [0.2, 0.25) is 0 Å². The van der Waals surface area contributed by atoms with Crippen LogP contribution in [0.1, 0.15) is 17.5 Å². The highest BCUT2D eigenvalue weighted by Crippen LogP contribution is 2.30. The van der Waals surface area contributed by atoms with Gasteiger partial charge in [-0.2, -0.15) is 26.3 Å². The van der Waals surface area contributed by atoms with Crippen LogP contribution >= 0.6 is 0 Å². The second-order valence-corrected chi connectivity index (χ2v) is 3.89. The fourth-order valence-electron chi connectivity index (χ4n) is 1.38. The molecule has 0 spiro atoms. The van der Waals surface area contributed by atoms with Gasteiger partial charge in [0.1, 0.15) is 5.82 Å². The monoisotopic (exact) mass is 289 g/mol. The predicted octanol–water partition coefficient (Wildman–Crippen LogP) is 3.89. The van der Waals surface area contributed by atoms with Crippen molar-refractivity contribution in [3.63, 3.8) is 0 Å². The minimum absolute atomic E-state index is 0.0606. The highest BCUT2D eigenvalue weighted by molar-refractivity contribution is 5.26. The van der Waals surface area contributed by atoms with E-state index in [4.69, 9.17) is 0 Å². The molecule has 0 atom stereocenters. The molecular weight excluding hydrogens is 279 g/mol. The molecule has 0 aliphatic rings. The highest BCUT2D eigenvalue weighted by Gasteiger charge is 2.31. The molecule has 19 heavy (non-hydrogen) atoms. The maximum absolute atomic E-state index is 12.9. The Balaban J connectivity index is 2.62. The summed E-state index contributed by atoms with van der Waals surface area (Å²) in [6, 6.07) is 1.87. The first-order valence-electron chi connectivity index (χ1n) is 5.22. The Morgan fingerprint density at radius 2 is 1.58 bits per heavy atom. The van der Waals surface area contributed by atoms with Crippen LogP contribution in [0, 0.1) is 5.82 Å². The molecule has 0 aliphatic carbocycles. The first-order chi connectivity index (χ1) is 8.58. The van der Waals surface area contributed by atoms with Crippen LogP contribution in [-0.4, -0.2) is 12.7 Å². The smallest absolute Gasteiger partial charge is 0.312 e. The van der Waals surface area contributed by atoms with Crippen molar-refractivity contribution in [2.45, 2.75) is 25.3 Å². The molecular formula is C11H10F7N. The number of alkyl halides is 6. The SMILES string of the molecule is Fc1cc(CNCCC(F)(F)F)cc(C(F)(F)F)c1. The van der Waals surface area contributed by atoms with Crippen molar-refractivity contribution in [2.75, 3.05) is 6.54 Å². The second-order valence-electron chi connectivity index (χ2n) is 3.89. The van der Waals surface area contributed by atoms with Gasteiger partial charge in [0.2, 0.25) is 0 Å². The quantitative estimate of drug-likeness (QED) is 0.655. The molecule has 1 aromatic carbocycles. The molecule has 0 unspecified atom stereocenters. The molecule has 0 aromatic heterocycles. The average Bonchev–Trinajstić information content (AvgIpc) is 2.21. The normalized spacial score (nSPS) is 12.8. The summed E-state index contributed by atoms with van der Waals surface area (Å²) in [4.78, 5) is 0. The molecule has 0 radical (unpaired) electrons. The summed E-state index contributed by atoms with van der Waals surface area (Å²) in [5.74, 6) is -1.08. The maximum Gasteiger partial charge on any atom is 0.416 e. The molecule has 0 saturated heterocycles. The van der Waals surface area contributed by atoms with E-state index in [2.05, 4.69) is 5.32 Å². The van der Waals surface area contributed by atoms with Crippen molar-refractivity contribution in [3.05, 3.63) is 35.1 Å². The van der Waals surface area contributed by atoms with Crippen LogP contribution in [0.5, 0.6) is 0 Å². The van der Waals surface area contributed by atoms with Crippen LogP contribution < -0.4 is 5.32 Å². The number of hydrogen-bond acceptors (Lipinski definition) is 1. The molecule has 0 heterocycles. The lowest BCUT2D eigenvalue weighted by Crippen LogP contribution is -2.21. The predicted molar refractivity (Wildman–Crippen MR) is 53.8 cm³/mol. The van der Waals surface area contributed by atoms with Gasteiger partial charge in [-0.25, -0.2) is 4.39 Å². The van der Waals surface area contributed by atoms with Crippen LogP contribution in [-0.2, 0) is 12.7 Å². The molecule has 8 heteroatoms. The zero-order valence-corrected chi connectivity index (χ0v) is 9.50. The van der Waals surface area contributed by atoms with E-state index < -0.39 is 36.7 Å². The number of halogens is 7. The number of rotatable bonds is 4. The molecule has 0 bridgehead atoms. The van der Waals surface area contributed by atoms with Gasteiger partial charge in [-0.05, 0) is 23.8 Å². The van der Waals surface area contributed by atoms with E-state index >= 15 is 0 Å². The summed E-state index contributed by atoms with van der Waals surface area (Å²) in [5.41, 5.74) is -1.23. The Labute approximate surface area is 104 Å². The van der Waals surface area contributed by atoms with Gasteiger partial charge in [0.15, 0.2) is 0 Å². The molecule has 0 aliphatic heterocycles. The zero-order valence-electron chi connectivity index (χ0n) is 9.50. The van der Waals surface area contributed by atoms with E-state index in [-0.39, 0.29) is 12.1 Å². The standard InChI is InChI=1S/C11H10F7N/c12-9-4-7(3-8(5-9)11(16,17)18)6-19-2-1-10(13,14)15/h3-5,19H,1-2,6H2. The summed E-state index contributed by atoms with van der Waals surface area (Å²) in [6.07, 6.45) is -10.1. The fraction of sp³-hybridized carbons (Fsp3) is 0.455. The molecule has 108 valence electrons. The second kappa shape index (κ2) is 5.77. The number of benzene rings is 1. The Hall–Kier alpha value is -1.31. The zero-order chi connectivity index (χ0) is 14.7. The van der Waals surface area contributed by atoms with Gasteiger partial charge in [-0.3, -0.25) is 0 Å². The van der Waals surface area contributed by atoms with E-state index in [1.165, 1.54) is 0 Å². The van der Waals surface area contributed by atoms with E-state index in [1.54, 1.807) is 0 Å². The van der Waals surface area contributed by atoms with Gasteiger partial charge in [-0.15, -0.1) is 0 Å². The molecule has 0 amide bonds. The minimum Gasteiger partial charge on any atom is -0.312 e. The van der Waals surface area contributed by atoms with Crippen LogP contribution in [0.15, 0.2) is 18.2 Å². The van der Waals surface area contributed by atoms with Crippen LogP contribution in [0.3, 0.4) is 0 Å². The molecule has 1 rings (SSSR count). The summed E-state index contributed by atoms with van der Waals surface area (Å²) in [5, 5.41) is 2.31. The van der Waals surface area contributed by atoms with Crippen molar-refractivity contribution >= 4 is 0 Å². The first-order valence-corrected chi connectivity index (χ1v) is 5.22. The van der Waals surface area contributed by atoms with Crippen molar-refractivity contribution < 1.29 is 30.7 Å². The van der Waals surface area contributed by atoms with Gasteiger partial charge in [0.25, 0.3) is 0 Å². The van der Waals surface area contributed by atoms with Gasteiger partial charge >= 0.3 is 12.4 Å². The first kappa shape index (κ1) is 15.7.